The van der Waals surface area contributed by atoms with Crippen LogP contribution in [0.4, 0.5) is 10.1 Å². The Balaban J connectivity index is 1.30. The minimum Gasteiger partial charge on any atom is -0.493 e. The van der Waals surface area contributed by atoms with Crippen molar-refractivity contribution in [3.63, 3.8) is 0 Å². The van der Waals surface area contributed by atoms with E-state index in [0.29, 0.717) is 29.5 Å². The highest BCUT2D eigenvalue weighted by Gasteiger charge is 2.72. The topological polar surface area (TPSA) is 106 Å². The summed E-state index contributed by atoms with van der Waals surface area (Å²) in [7, 11) is 3.12. The van der Waals surface area contributed by atoms with E-state index in [0.717, 1.165) is 24.8 Å². The van der Waals surface area contributed by atoms with E-state index in [2.05, 4.69) is 24.5 Å². The lowest BCUT2D eigenvalue weighted by Gasteiger charge is -2.38. The lowest BCUT2D eigenvalue weighted by molar-refractivity contribution is -0.141. The summed E-state index contributed by atoms with van der Waals surface area (Å²) in [6, 6.07) is 8.47. The molecular weight excluding hydrogens is 601 g/mol. The van der Waals surface area contributed by atoms with Gasteiger partial charge in [0, 0.05) is 18.3 Å². The number of nitrogens with zero attached hydrogens (tertiary/aromatic N) is 1. The standard InChI is InChI=1S/C34H39ClFN3O6/c1-18-6-5-7-24(19(18)2)38-32(41)30-34-14-12-26(45-34)28(31(40)37-21-9-10-23(36)22(35)17-21)29(34)33(42)39(30)15-13-20-8-11-25(43-3)27(16-20)44-4/h8-12,14,16-19,24,26,28-30H,5-7,13,15H2,1-4H3,(H,37,40)(H,38,41)/t18?,19?,24?,26-,28?,29-,30?,34?/m1/s1. The van der Waals surface area contributed by atoms with Gasteiger partial charge in [-0.3, -0.25) is 14.4 Å². The van der Waals surface area contributed by atoms with Crippen LogP contribution in [0.15, 0.2) is 48.6 Å². The number of carbonyl (C=O) groups is 3. The van der Waals surface area contributed by atoms with E-state index in [4.69, 9.17) is 25.8 Å². The Morgan fingerprint density at radius 1 is 1.09 bits per heavy atom. The average molecular weight is 640 g/mol. The van der Waals surface area contributed by atoms with Gasteiger partial charge in [0.25, 0.3) is 0 Å². The van der Waals surface area contributed by atoms with Crippen molar-refractivity contribution in [1.82, 2.24) is 10.2 Å². The fraction of sp³-hybridized carbons (Fsp3) is 0.500. The highest BCUT2D eigenvalue weighted by molar-refractivity contribution is 6.31. The monoisotopic (exact) mass is 639 g/mol. The van der Waals surface area contributed by atoms with Crippen LogP contribution in [0.3, 0.4) is 0 Å². The lowest BCUT2D eigenvalue weighted by Crippen LogP contribution is -2.58. The third-order valence-electron chi connectivity index (χ3n) is 10.2. The second-order valence-electron chi connectivity index (χ2n) is 12.7. The first-order valence-electron chi connectivity index (χ1n) is 15.5. The van der Waals surface area contributed by atoms with Crippen molar-refractivity contribution in [2.24, 2.45) is 23.7 Å². The van der Waals surface area contributed by atoms with Gasteiger partial charge in [-0.15, -0.1) is 0 Å². The van der Waals surface area contributed by atoms with Crippen molar-refractivity contribution in [2.45, 2.75) is 63.3 Å². The highest BCUT2D eigenvalue weighted by atomic mass is 35.5. The predicted molar refractivity (Wildman–Crippen MR) is 167 cm³/mol. The number of fused-ring (bicyclic) bond motifs is 1. The maximum Gasteiger partial charge on any atom is 0.246 e. The largest absolute Gasteiger partial charge is 0.493 e. The second kappa shape index (κ2) is 12.3. The Kier molecular flexibility index (Phi) is 8.56. The van der Waals surface area contributed by atoms with Gasteiger partial charge in [-0.25, -0.2) is 4.39 Å². The molecule has 8 atom stereocenters. The molecular formula is C34H39ClFN3O6. The number of nitrogens with one attached hydrogen (secondary N) is 2. The van der Waals surface area contributed by atoms with Gasteiger partial charge in [0.15, 0.2) is 11.5 Å². The molecule has 6 unspecified atom stereocenters. The molecule has 2 bridgehead atoms. The summed E-state index contributed by atoms with van der Waals surface area (Å²) in [5.74, 6) is -1.55. The van der Waals surface area contributed by atoms with Crippen LogP contribution >= 0.6 is 11.6 Å². The van der Waals surface area contributed by atoms with Crippen molar-refractivity contribution in [3.8, 4) is 11.5 Å². The van der Waals surface area contributed by atoms with Crippen molar-refractivity contribution < 1.29 is 33.0 Å². The smallest absolute Gasteiger partial charge is 0.246 e. The van der Waals surface area contributed by atoms with E-state index in [1.54, 1.807) is 37.3 Å². The Hall–Kier alpha value is -3.63. The molecule has 3 aliphatic heterocycles. The summed E-state index contributed by atoms with van der Waals surface area (Å²) < 4.78 is 31.1. The molecule has 6 rings (SSSR count). The number of hydrogen-bond acceptors (Lipinski definition) is 6. The van der Waals surface area contributed by atoms with Crippen molar-refractivity contribution in [3.05, 3.63) is 65.0 Å². The molecule has 1 saturated carbocycles. The zero-order valence-corrected chi connectivity index (χ0v) is 26.6. The van der Waals surface area contributed by atoms with Gasteiger partial charge in [-0.2, -0.15) is 0 Å². The predicted octanol–water partition coefficient (Wildman–Crippen LogP) is 4.77. The zero-order valence-electron chi connectivity index (χ0n) is 25.8. The number of benzene rings is 2. The Morgan fingerprint density at radius 2 is 1.87 bits per heavy atom. The van der Waals surface area contributed by atoms with E-state index in [-0.39, 0.29) is 35.3 Å². The van der Waals surface area contributed by atoms with Crippen LogP contribution in [0.2, 0.25) is 5.02 Å². The zero-order chi connectivity index (χ0) is 32.0. The number of methoxy groups -OCH3 is 2. The molecule has 240 valence electrons. The van der Waals surface area contributed by atoms with E-state index < -0.39 is 41.3 Å². The molecule has 11 heteroatoms. The van der Waals surface area contributed by atoms with E-state index in [1.165, 1.54) is 18.2 Å². The first kappa shape index (κ1) is 31.4. The molecule has 0 aromatic heterocycles. The summed E-state index contributed by atoms with van der Waals surface area (Å²) in [5.41, 5.74) is -0.0973. The Bertz CT molecular complexity index is 1540. The number of carbonyl (C=O) groups excluding carboxylic acids is 3. The first-order valence-corrected chi connectivity index (χ1v) is 15.9. The molecule has 2 aromatic rings. The first-order chi connectivity index (χ1) is 21.6. The highest BCUT2D eigenvalue weighted by Crippen LogP contribution is 2.55. The molecule has 2 saturated heterocycles. The number of likely N-dealkylation sites (tertiary alicyclic amines) is 1. The van der Waals surface area contributed by atoms with Crippen LogP contribution in [0.1, 0.15) is 38.7 Å². The summed E-state index contributed by atoms with van der Waals surface area (Å²) in [4.78, 5) is 43.9. The normalized spacial score (nSPS) is 31.6. The fourth-order valence-electron chi connectivity index (χ4n) is 7.64. The maximum absolute atomic E-state index is 14.3. The quantitative estimate of drug-likeness (QED) is 0.383. The number of anilines is 1. The van der Waals surface area contributed by atoms with Crippen molar-refractivity contribution >= 4 is 35.0 Å². The van der Waals surface area contributed by atoms with Crippen LogP contribution in [0.25, 0.3) is 0 Å². The molecule has 3 fully saturated rings. The molecule has 9 nitrogen and oxygen atoms in total. The third-order valence-corrected chi connectivity index (χ3v) is 10.5. The number of ether oxygens (including phenoxy) is 3. The molecule has 1 aliphatic carbocycles. The Labute approximate surface area is 267 Å². The third kappa shape index (κ3) is 5.46. The SMILES string of the molecule is COc1ccc(CCN2C(=O)[C@H]3C(C(=O)Nc4ccc(F)c(Cl)c4)[C@H]4C=CC3(O4)C2C(=O)NC2CCCC(C)C2C)cc1OC. The van der Waals surface area contributed by atoms with Gasteiger partial charge in [0.1, 0.15) is 17.5 Å². The van der Waals surface area contributed by atoms with Gasteiger partial charge in [0.2, 0.25) is 17.7 Å². The lowest BCUT2D eigenvalue weighted by atomic mass is 9.73. The maximum atomic E-state index is 14.3. The van der Waals surface area contributed by atoms with Crippen LogP contribution in [0.5, 0.6) is 11.5 Å². The van der Waals surface area contributed by atoms with Gasteiger partial charge in [0.05, 0.1) is 37.2 Å². The average Bonchev–Trinajstić information content (AvgIpc) is 3.67. The number of amides is 3. The molecule has 4 aliphatic rings. The van der Waals surface area contributed by atoms with Crippen LogP contribution in [-0.4, -0.2) is 67.2 Å². The van der Waals surface area contributed by atoms with Crippen LogP contribution in [0, 0.1) is 29.5 Å². The summed E-state index contributed by atoms with van der Waals surface area (Å²) in [6.45, 7) is 4.59. The van der Waals surface area contributed by atoms with Crippen LogP contribution < -0.4 is 20.1 Å². The minimum absolute atomic E-state index is 0.0237. The van der Waals surface area contributed by atoms with E-state index in [1.807, 2.05) is 12.1 Å². The van der Waals surface area contributed by atoms with Crippen molar-refractivity contribution in [2.75, 3.05) is 26.1 Å². The van der Waals surface area contributed by atoms with E-state index in [9.17, 15) is 18.8 Å². The minimum atomic E-state index is -1.30. The molecule has 3 amide bonds. The van der Waals surface area contributed by atoms with Gasteiger partial charge in [-0.1, -0.05) is 56.5 Å². The molecule has 45 heavy (non-hydrogen) atoms. The van der Waals surface area contributed by atoms with Gasteiger partial charge >= 0.3 is 0 Å². The van der Waals surface area contributed by atoms with E-state index >= 15 is 0 Å². The summed E-state index contributed by atoms with van der Waals surface area (Å²) in [6.07, 6.45) is 6.32. The van der Waals surface area contributed by atoms with Gasteiger partial charge in [-0.05, 0) is 60.6 Å². The molecule has 3 heterocycles. The summed E-state index contributed by atoms with van der Waals surface area (Å²) in [5, 5.41) is 5.93. The van der Waals surface area contributed by atoms with Gasteiger partial charge < -0.3 is 29.7 Å². The summed E-state index contributed by atoms with van der Waals surface area (Å²) >= 11 is 5.94. The fourth-order valence-corrected chi connectivity index (χ4v) is 7.82. The van der Waals surface area contributed by atoms with Crippen molar-refractivity contribution in [1.29, 1.82) is 0 Å². The number of rotatable bonds is 9. The second-order valence-corrected chi connectivity index (χ2v) is 13.1. The molecule has 2 N–H and O–H groups in total. The molecule has 2 aromatic carbocycles. The number of halogens is 2. The Morgan fingerprint density at radius 3 is 2.60 bits per heavy atom. The molecule has 0 radical (unpaired) electrons. The van der Waals surface area contributed by atoms with Crippen LogP contribution in [-0.2, 0) is 25.5 Å². The molecule has 1 spiro atoms. The number of hydrogen-bond donors (Lipinski definition) is 2.